The Morgan fingerprint density at radius 1 is 1.16 bits per heavy atom. The van der Waals surface area contributed by atoms with Crippen molar-refractivity contribution in [2.24, 2.45) is 0 Å². The van der Waals surface area contributed by atoms with Gasteiger partial charge in [0.25, 0.3) is 11.7 Å². The molecule has 0 saturated carbocycles. The molecule has 31 heavy (non-hydrogen) atoms. The molecule has 0 aromatic heterocycles. The van der Waals surface area contributed by atoms with Crippen molar-refractivity contribution in [3.05, 3.63) is 70.5 Å². The van der Waals surface area contributed by atoms with Crippen LogP contribution in [0.3, 0.4) is 0 Å². The summed E-state index contributed by atoms with van der Waals surface area (Å²) in [4.78, 5) is 27.2. The van der Waals surface area contributed by atoms with Gasteiger partial charge in [0.15, 0.2) is 0 Å². The number of hydrogen-bond donors (Lipinski definition) is 1. The molecule has 1 amide bonds. The molecule has 0 bridgehead atoms. The number of aryl methyl sites for hydroxylation is 1. The molecule has 1 N–H and O–H groups in total. The molecule has 1 unspecified atom stereocenters. The quantitative estimate of drug-likeness (QED) is 0.411. The van der Waals surface area contributed by atoms with Crippen LogP contribution in [0.15, 0.2) is 48.0 Å². The molecular formula is C24H26FNO5. The van der Waals surface area contributed by atoms with Crippen molar-refractivity contribution in [3.8, 4) is 5.75 Å². The molecule has 1 saturated heterocycles. The third-order valence-corrected chi connectivity index (χ3v) is 5.20. The number of likely N-dealkylation sites (tertiary alicyclic amines) is 1. The van der Waals surface area contributed by atoms with E-state index in [9.17, 15) is 19.1 Å². The van der Waals surface area contributed by atoms with Gasteiger partial charge in [0.1, 0.15) is 17.3 Å². The van der Waals surface area contributed by atoms with Crippen LogP contribution in [0.25, 0.3) is 5.76 Å². The normalized spacial score (nSPS) is 18.1. The summed E-state index contributed by atoms with van der Waals surface area (Å²) in [5, 5.41) is 11.1. The van der Waals surface area contributed by atoms with Crippen molar-refractivity contribution in [2.45, 2.75) is 32.9 Å². The first-order valence-electron chi connectivity index (χ1n) is 10.0. The minimum atomic E-state index is -0.849. The van der Waals surface area contributed by atoms with E-state index in [1.807, 2.05) is 13.8 Å². The number of nitrogens with zero attached hydrogens (tertiary/aromatic N) is 1. The van der Waals surface area contributed by atoms with E-state index < -0.39 is 23.5 Å². The molecule has 1 fully saturated rings. The van der Waals surface area contributed by atoms with Crippen LogP contribution in [-0.4, -0.2) is 48.1 Å². The van der Waals surface area contributed by atoms with Crippen molar-refractivity contribution in [2.75, 3.05) is 20.3 Å². The van der Waals surface area contributed by atoms with E-state index in [0.717, 1.165) is 0 Å². The third-order valence-electron chi connectivity index (χ3n) is 5.20. The number of aliphatic hydroxyl groups is 1. The maximum Gasteiger partial charge on any atom is 0.295 e. The number of methoxy groups -OCH3 is 1. The van der Waals surface area contributed by atoms with Gasteiger partial charge in [-0.05, 0) is 62.2 Å². The summed E-state index contributed by atoms with van der Waals surface area (Å²) >= 11 is 0. The van der Waals surface area contributed by atoms with Crippen molar-refractivity contribution in [3.63, 3.8) is 0 Å². The third kappa shape index (κ3) is 4.61. The number of halogens is 1. The number of rotatable bonds is 7. The van der Waals surface area contributed by atoms with Crippen molar-refractivity contribution >= 4 is 17.4 Å². The lowest BCUT2D eigenvalue weighted by Gasteiger charge is -2.25. The van der Waals surface area contributed by atoms with Crippen LogP contribution in [0, 0.1) is 12.7 Å². The van der Waals surface area contributed by atoms with Gasteiger partial charge in [0.2, 0.25) is 0 Å². The average molecular weight is 427 g/mol. The summed E-state index contributed by atoms with van der Waals surface area (Å²) in [5.41, 5.74) is 1.60. The Hall–Kier alpha value is -3.19. The highest BCUT2D eigenvalue weighted by Crippen LogP contribution is 2.40. The van der Waals surface area contributed by atoms with Crippen molar-refractivity contribution in [1.29, 1.82) is 0 Å². The molecule has 1 aliphatic heterocycles. The van der Waals surface area contributed by atoms with E-state index in [0.29, 0.717) is 22.4 Å². The molecule has 2 aromatic rings. The van der Waals surface area contributed by atoms with Gasteiger partial charge in [-0.1, -0.05) is 12.1 Å². The lowest BCUT2D eigenvalue weighted by molar-refractivity contribution is -0.140. The fourth-order valence-corrected chi connectivity index (χ4v) is 3.66. The lowest BCUT2D eigenvalue weighted by Crippen LogP contribution is -2.33. The smallest absolute Gasteiger partial charge is 0.295 e. The molecule has 0 spiro atoms. The molecule has 7 heteroatoms. The molecule has 0 aliphatic carbocycles. The van der Waals surface area contributed by atoms with Gasteiger partial charge in [-0.15, -0.1) is 0 Å². The van der Waals surface area contributed by atoms with Crippen LogP contribution < -0.4 is 4.74 Å². The van der Waals surface area contributed by atoms with Gasteiger partial charge in [0, 0.05) is 12.1 Å². The maximum atomic E-state index is 13.5. The number of hydrogen-bond acceptors (Lipinski definition) is 5. The first-order chi connectivity index (χ1) is 14.7. The van der Waals surface area contributed by atoms with Crippen LogP contribution in [0.2, 0.25) is 0 Å². The monoisotopic (exact) mass is 427 g/mol. The van der Waals surface area contributed by atoms with E-state index in [1.165, 1.54) is 36.3 Å². The number of ketones is 1. The van der Waals surface area contributed by atoms with Gasteiger partial charge >= 0.3 is 0 Å². The predicted molar refractivity (Wildman–Crippen MR) is 114 cm³/mol. The van der Waals surface area contributed by atoms with Crippen molar-refractivity contribution < 1.29 is 28.6 Å². The minimum absolute atomic E-state index is 0.0329. The molecule has 1 heterocycles. The Kier molecular flexibility index (Phi) is 6.75. The van der Waals surface area contributed by atoms with Crippen molar-refractivity contribution in [1.82, 2.24) is 4.90 Å². The SMILES string of the molecule is COc1ccc(/C(O)=C2/C(=O)C(=O)N(CCOC(C)C)C2c2ccc(F)cc2)c(C)c1. The largest absolute Gasteiger partial charge is 0.507 e. The number of Topliss-reactive ketones (excluding diaryl/α,β-unsaturated/α-hetero) is 1. The van der Waals surface area contributed by atoms with Crippen LogP contribution >= 0.6 is 0 Å². The van der Waals surface area contributed by atoms with E-state index in [2.05, 4.69) is 0 Å². The number of aliphatic hydroxyl groups excluding tert-OH is 1. The Balaban J connectivity index is 2.11. The topological polar surface area (TPSA) is 76.1 Å². The Bertz CT molecular complexity index is 1010. The van der Waals surface area contributed by atoms with E-state index in [1.54, 1.807) is 25.1 Å². The zero-order valence-corrected chi connectivity index (χ0v) is 18.0. The molecule has 1 aliphatic rings. The summed E-state index contributed by atoms with van der Waals surface area (Å²) in [6.07, 6.45) is -0.0389. The highest BCUT2D eigenvalue weighted by atomic mass is 19.1. The van der Waals surface area contributed by atoms with E-state index in [-0.39, 0.29) is 30.6 Å². The van der Waals surface area contributed by atoms with E-state index in [4.69, 9.17) is 9.47 Å². The number of ether oxygens (including phenoxy) is 2. The van der Waals surface area contributed by atoms with Gasteiger partial charge in [-0.25, -0.2) is 4.39 Å². The molecule has 1 atom stereocenters. The standard InChI is InChI=1S/C24H26FNO5/c1-14(2)31-12-11-26-21(16-5-7-17(25)8-6-16)20(23(28)24(26)29)22(27)19-10-9-18(30-4)13-15(19)3/h5-10,13-14,21,27H,11-12H2,1-4H3/b22-20-. The Morgan fingerprint density at radius 3 is 2.42 bits per heavy atom. The minimum Gasteiger partial charge on any atom is -0.507 e. The Labute approximate surface area is 180 Å². The first kappa shape index (κ1) is 22.5. The van der Waals surface area contributed by atoms with Gasteiger partial charge in [0.05, 0.1) is 31.4 Å². The maximum absolute atomic E-state index is 13.5. The second kappa shape index (κ2) is 9.31. The fourth-order valence-electron chi connectivity index (χ4n) is 3.66. The fraction of sp³-hybridized carbons (Fsp3) is 0.333. The summed E-state index contributed by atoms with van der Waals surface area (Å²) in [5.74, 6) is -1.62. The van der Waals surface area contributed by atoms with Crippen LogP contribution in [0.4, 0.5) is 4.39 Å². The molecular weight excluding hydrogens is 401 g/mol. The summed E-state index contributed by atoms with van der Waals surface area (Å²) < 4.78 is 24.3. The zero-order chi connectivity index (χ0) is 22.7. The molecule has 3 rings (SSSR count). The summed E-state index contributed by atoms with van der Waals surface area (Å²) in [6, 6.07) is 9.73. The van der Waals surface area contributed by atoms with Crippen LogP contribution in [-0.2, 0) is 14.3 Å². The number of carbonyl (C=O) groups excluding carboxylic acids is 2. The Morgan fingerprint density at radius 2 is 1.84 bits per heavy atom. The second-order valence-electron chi connectivity index (χ2n) is 7.64. The highest BCUT2D eigenvalue weighted by Gasteiger charge is 2.46. The number of carbonyl (C=O) groups is 2. The van der Waals surface area contributed by atoms with E-state index >= 15 is 0 Å². The summed E-state index contributed by atoms with van der Waals surface area (Å²) in [7, 11) is 1.54. The predicted octanol–water partition coefficient (Wildman–Crippen LogP) is 3.99. The zero-order valence-electron chi connectivity index (χ0n) is 18.0. The highest BCUT2D eigenvalue weighted by molar-refractivity contribution is 6.46. The number of benzene rings is 2. The molecule has 164 valence electrons. The summed E-state index contributed by atoms with van der Waals surface area (Å²) in [6.45, 7) is 5.90. The van der Waals surface area contributed by atoms with Gasteiger partial charge in [-0.2, -0.15) is 0 Å². The second-order valence-corrected chi connectivity index (χ2v) is 7.64. The molecule has 6 nitrogen and oxygen atoms in total. The lowest BCUT2D eigenvalue weighted by atomic mass is 9.94. The van der Waals surface area contributed by atoms with Crippen LogP contribution in [0.1, 0.15) is 36.6 Å². The van der Waals surface area contributed by atoms with Gasteiger partial charge in [-0.3, -0.25) is 9.59 Å². The molecule has 0 radical (unpaired) electrons. The first-order valence-corrected chi connectivity index (χ1v) is 10.0. The molecule has 2 aromatic carbocycles. The average Bonchev–Trinajstić information content (AvgIpc) is 2.98. The van der Waals surface area contributed by atoms with Gasteiger partial charge < -0.3 is 19.5 Å². The number of amides is 1. The van der Waals surface area contributed by atoms with Crippen LogP contribution in [0.5, 0.6) is 5.75 Å².